The molecule has 1 saturated heterocycles. The minimum atomic E-state index is -1.91. The van der Waals surface area contributed by atoms with Gasteiger partial charge in [-0.2, -0.15) is 0 Å². The molecule has 1 aromatic rings. The van der Waals surface area contributed by atoms with Crippen LogP contribution < -0.4 is 0 Å². The average molecular weight is 401 g/mol. The van der Waals surface area contributed by atoms with Crippen LogP contribution in [0, 0.1) is 0 Å². The lowest BCUT2D eigenvalue weighted by Crippen LogP contribution is -2.35. The van der Waals surface area contributed by atoms with Crippen LogP contribution in [-0.2, 0) is 33.6 Å². The Morgan fingerprint density at radius 2 is 2.07 bits per heavy atom. The minimum absolute atomic E-state index is 0.0331. The number of carbonyl (C=O) groups excluding carboxylic acids is 1. The maximum absolute atomic E-state index is 12.7. The van der Waals surface area contributed by atoms with Gasteiger partial charge < -0.3 is 9.29 Å². The van der Waals surface area contributed by atoms with Crippen LogP contribution in [0.3, 0.4) is 0 Å². The molecule has 0 aromatic heterocycles. The smallest absolute Gasteiger partial charge is 0.167 e. The SMILES string of the molecule is CC1=C(CS(=O)O)N=C(/C=C2\C(=O)Cc3cccc(CN4CCOCC4)c32)C1. The van der Waals surface area contributed by atoms with Gasteiger partial charge in [0.25, 0.3) is 0 Å². The fourth-order valence-corrected chi connectivity index (χ4v) is 4.59. The van der Waals surface area contributed by atoms with Crippen molar-refractivity contribution in [2.75, 3.05) is 32.1 Å². The summed E-state index contributed by atoms with van der Waals surface area (Å²) in [6.07, 6.45) is 2.92. The number of rotatable bonds is 5. The molecule has 6 nitrogen and oxygen atoms in total. The number of morpholine rings is 1. The summed E-state index contributed by atoms with van der Waals surface area (Å²) in [4.78, 5) is 19.6. The predicted molar refractivity (Wildman–Crippen MR) is 110 cm³/mol. The van der Waals surface area contributed by atoms with Crippen LogP contribution in [0.15, 0.2) is 40.5 Å². The molecule has 2 heterocycles. The molecule has 3 aliphatic rings. The lowest BCUT2D eigenvalue weighted by molar-refractivity contribution is -0.112. The summed E-state index contributed by atoms with van der Waals surface area (Å²) in [5.41, 5.74) is 6.42. The highest BCUT2D eigenvalue weighted by atomic mass is 32.2. The summed E-state index contributed by atoms with van der Waals surface area (Å²) in [5, 5.41) is 0. The second-order valence-corrected chi connectivity index (χ2v) is 8.40. The monoisotopic (exact) mass is 400 g/mol. The zero-order chi connectivity index (χ0) is 19.7. The maximum atomic E-state index is 12.7. The Bertz CT molecular complexity index is 926. The van der Waals surface area contributed by atoms with E-state index >= 15 is 0 Å². The molecule has 1 unspecified atom stereocenters. The lowest BCUT2D eigenvalue weighted by Gasteiger charge is -2.27. The van der Waals surface area contributed by atoms with Crippen LogP contribution in [0.1, 0.15) is 30.0 Å². The number of aliphatic imine (C=N–C) groups is 1. The lowest BCUT2D eigenvalue weighted by atomic mass is 9.98. The summed E-state index contributed by atoms with van der Waals surface area (Å²) >= 11 is -1.91. The highest BCUT2D eigenvalue weighted by Crippen LogP contribution is 2.34. The Hall–Kier alpha value is -1.93. The summed E-state index contributed by atoms with van der Waals surface area (Å²) in [6, 6.07) is 6.15. The van der Waals surface area contributed by atoms with Gasteiger partial charge in [-0.1, -0.05) is 18.2 Å². The first-order valence-electron chi connectivity index (χ1n) is 9.51. The van der Waals surface area contributed by atoms with Crippen LogP contribution in [0.25, 0.3) is 5.57 Å². The molecule has 0 bridgehead atoms. The molecule has 2 aliphatic heterocycles. The third-order valence-electron chi connectivity index (χ3n) is 5.44. The molecule has 0 saturated carbocycles. The number of carbonyl (C=O) groups is 1. The molecule has 1 N–H and O–H groups in total. The van der Waals surface area contributed by atoms with Gasteiger partial charge in [-0.25, -0.2) is 4.21 Å². The molecule has 1 aromatic carbocycles. The van der Waals surface area contributed by atoms with Gasteiger partial charge in [-0.15, -0.1) is 0 Å². The third-order valence-corrected chi connectivity index (χ3v) is 5.96. The Morgan fingerprint density at radius 1 is 1.29 bits per heavy atom. The highest BCUT2D eigenvalue weighted by molar-refractivity contribution is 7.79. The number of hydrogen-bond acceptors (Lipinski definition) is 5. The molecular weight excluding hydrogens is 376 g/mol. The zero-order valence-corrected chi connectivity index (χ0v) is 16.8. The zero-order valence-electron chi connectivity index (χ0n) is 15.9. The van der Waals surface area contributed by atoms with Crippen molar-refractivity contribution >= 4 is 28.1 Å². The van der Waals surface area contributed by atoms with Crippen LogP contribution in [0.2, 0.25) is 0 Å². The summed E-state index contributed by atoms with van der Waals surface area (Å²) in [5.74, 6) is 0.148. The van der Waals surface area contributed by atoms with E-state index in [-0.39, 0.29) is 11.5 Å². The molecule has 1 atom stereocenters. The van der Waals surface area contributed by atoms with Gasteiger partial charge >= 0.3 is 0 Å². The van der Waals surface area contributed by atoms with Gasteiger partial charge in [0.05, 0.1) is 24.7 Å². The molecule has 1 fully saturated rings. The van der Waals surface area contributed by atoms with Crippen LogP contribution in [0.4, 0.5) is 0 Å². The molecule has 4 rings (SSSR count). The van der Waals surface area contributed by atoms with E-state index in [2.05, 4.69) is 16.0 Å². The van der Waals surface area contributed by atoms with Crippen molar-refractivity contribution in [3.05, 3.63) is 52.2 Å². The summed E-state index contributed by atoms with van der Waals surface area (Å²) < 4.78 is 25.7. The van der Waals surface area contributed by atoms with Crippen molar-refractivity contribution in [3.8, 4) is 0 Å². The van der Waals surface area contributed by atoms with Gasteiger partial charge in [0.1, 0.15) is 0 Å². The summed E-state index contributed by atoms with van der Waals surface area (Å²) in [7, 11) is 0. The number of ether oxygens (including phenoxy) is 1. The van der Waals surface area contributed by atoms with Crippen LogP contribution >= 0.6 is 0 Å². The average Bonchev–Trinajstić information content (AvgIpc) is 3.16. The Balaban J connectivity index is 1.63. The van der Waals surface area contributed by atoms with Crippen molar-refractivity contribution in [2.24, 2.45) is 4.99 Å². The molecule has 0 amide bonds. The Labute approximate surface area is 167 Å². The fraction of sp³-hybridized carbons (Fsp3) is 0.429. The number of nitrogens with zero attached hydrogens (tertiary/aromatic N) is 2. The van der Waals surface area contributed by atoms with Crippen molar-refractivity contribution in [1.82, 2.24) is 4.90 Å². The molecule has 0 radical (unpaired) electrons. The number of benzene rings is 1. The van der Waals surface area contributed by atoms with E-state index in [0.717, 1.165) is 66.4 Å². The van der Waals surface area contributed by atoms with E-state index in [0.29, 0.717) is 18.5 Å². The van der Waals surface area contributed by atoms with Gasteiger partial charge in [0.15, 0.2) is 16.9 Å². The molecule has 7 heteroatoms. The number of allylic oxidation sites excluding steroid dienone is 3. The van der Waals surface area contributed by atoms with E-state index in [1.54, 1.807) is 0 Å². The van der Waals surface area contributed by atoms with Gasteiger partial charge in [0.2, 0.25) is 0 Å². The van der Waals surface area contributed by atoms with Gasteiger partial charge in [0, 0.05) is 43.8 Å². The van der Waals surface area contributed by atoms with Crippen molar-refractivity contribution in [2.45, 2.75) is 26.3 Å². The topological polar surface area (TPSA) is 79.2 Å². The second-order valence-electron chi connectivity index (χ2n) is 7.47. The molecule has 0 spiro atoms. The Morgan fingerprint density at radius 3 is 2.82 bits per heavy atom. The first-order valence-corrected chi connectivity index (χ1v) is 10.8. The molecular formula is C21H24N2O4S. The summed E-state index contributed by atoms with van der Waals surface area (Å²) in [6.45, 7) is 6.00. The van der Waals surface area contributed by atoms with Crippen LogP contribution in [0.5, 0.6) is 0 Å². The third kappa shape index (κ3) is 4.07. The first-order chi connectivity index (χ1) is 13.5. The van der Waals surface area contributed by atoms with E-state index in [4.69, 9.17) is 9.29 Å². The van der Waals surface area contributed by atoms with Crippen molar-refractivity contribution < 1.29 is 18.3 Å². The largest absolute Gasteiger partial charge is 0.379 e. The quantitative estimate of drug-likeness (QED) is 0.606. The van der Waals surface area contributed by atoms with E-state index < -0.39 is 11.1 Å². The van der Waals surface area contributed by atoms with E-state index in [1.807, 2.05) is 25.1 Å². The normalized spacial score (nSPS) is 22.7. The van der Waals surface area contributed by atoms with Crippen molar-refractivity contribution in [3.63, 3.8) is 0 Å². The molecule has 28 heavy (non-hydrogen) atoms. The molecule has 148 valence electrons. The number of ketones is 1. The fourth-order valence-electron chi connectivity index (χ4n) is 4.04. The van der Waals surface area contributed by atoms with Gasteiger partial charge in [-0.05, 0) is 35.3 Å². The Kier molecular flexibility index (Phi) is 5.68. The van der Waals surface area contributed by atoms with E-state index in [1.165, 1.54) is 0 Å². The minimum Gasteiger partial charge on any atom is -0.379 e. The highest BCUT2D eigenvalue weighted by Gasteiger charge is 2.29. The first kappa shape index (κ1) is 19.4. The standard InChI is InChI=1S/C21H24N2O4S/c1-14-9-17(22-19(14)13-28(25)26)11-18-20(24)10-15-3-2-4-16(21(15)18)12-23-5-7-27-8-6-23/h2-4,11H,5-10,12-13H2,1H3,(H,25,26)/b18-11+. The number of hydrogen-bond donors (Lipinski definition) is 1. The molecule has 1 aliphatic carbocycles. The predicted octanol–water partition coefficient (Wildman–Crippen LogP) is 2.37. The van der Waals surface area contributed by atoms with E-state index in [9.17, 15) is 9.00 Å². The number of fused-ring (bicyclic) bond motifs is 1. The second kappa shape index (κ2) is 8.21. The van der Waals surface area contributed by atoms with Gasteiger partial charge in [-0.3, -0.25) is 14.7 Å². The van der Waals surface area contributed by atoms with Crippen molar-refractivity contribution in [1.29, 1.82) is 0 Å². The number of Topliss-reactive ketones (excluding diaryl/α,β-unsaturated/α-hetero) is 1. The van der Waals surface area contributed by atoms with Crippen LogP contribution in [-0.4, -0.2) is 57.2 Å². The maximum Gasteiger partial charge on any atom is 0.167 e.